The van der Waals surface area contributed by atoms with Gasteiger partial charge in [0.15, 0.2) is 0 Å². The zero-order valence-corrected chi connectivity index (χ0v) is 33.4. The predicted octanol–water partition coefficient (Wildman–Crippen LogP) is 13.2. The molecule has 2 aliphatic rings. The lowest BCUT2D eigenvalue weighted by atomic mass is 9.93. The fourth-order valence-corrected chi connectivity index (χ4v) is 7.51. The molecule has 0 aliphatic carbocycles. The van der Waals surface area contributed by atoms with Crippen molar-refractivity contribution in [2.24, 2.45) is 23.7 Å². The number of esters is 4. The zero-order chi connectivity index (χ0) is 36.7. The molecule has 0 aromatic heterocycles. The molecule has 0 saturated carbocycles. The average molecular weight is 705 g/mol. The van der Waals surface area contributed by atoms with Crippen molar-refractivity contribution in [2.75, 3.05) is 0 Å². The molecule has 0 spiro atoms. The molecule has 0 radical (unpaired) electrons. The Morgan fingerprint density at radius 3 is 1.02 bits per heavy atom. The van der Waals surface area contributed by atoms with Gasteiger partial charge in [-0.25, -0.2) is 0 Å². The van der Waals surface area contributed by atoms with Crippen molar-refractivity contribution in [3.05, 3.63) is 0 Å². The van der Waals surface area contributed by atoms with E-state index in [9.17, 15) is 19.2 Å². The molecule has 6 nitrogen and oxygen atoms in total. The first kappa shape index (κ1) is 46.3. The van der Waals surface area contributed by atoms with Crippen LogP contribution >= 0.6 is 0 Å². The zero-order valence-electron chi connectivity index (χ0n) is 33.4. The van der Waals surface area contributed by atoms with Crippen LogP contribution in [0.2, 0.25) is 0 Å². The van der Waals surface area contributed by atoms with Crippen molar-refractivity contribution >= 4 is 23.9 Å². The number of hydrogen-bond donors (Lipinski definition) is 0. The molecule has 50 heavy (non-hydrogen) atoms. The van der Waals surface area contributed by atoms with Gasteiger partial charge < -0.3 is 9.47 Å². The molecule has 292 valence electrons. The van der Waals surface area contributed by atoms with Crippen molar-refractivity contribution in [1.29, 1.82) is 0 Å². The Labute approximate surface area is 308 Å². The van der Waals surface area contributed by atoms with E-state index >= 15 is 0 Å². The summed E-state index contributed by atoms with van der Waals surface area (Å²) in [5, 5.41) is 0. The maximum atomic E-state index is 11.4. The fourth-order valence-electron chi connectivity index (χ4n) is 7.51. The molecule has 0 bridgehead atoms. The molecule has 4 unspecified atom stereocenters. The van der Waals surface area contributed by atoms with Gasteiger partial charge in [-0.3, -0.25) is 19.2 Å². The number of carbonyl (C=O) groups is 4. The van der Waals surface area contributed by atoms with Gasteiger partial charge in [-0.05, 0) is 24.7 Å². The Morgan fingerprint density at radius 2 is 0.700 bits per heavy atom. The minimum absolute atomic E-state index is 0.162. The molecule has 0 aromatic rings. The molecule has 2 fully saturated rings. The quantitative estimate of drug-likeness (QED) is 0.0393. The second kappa shape index (κ2) is 32.0. The summed E-state index contributed by atoms with van der Waals surface area (Å²) >= 11 is 0. The van der Waals surface area contributed by atoms with Crippen LogP contribution in [0.3, 0.4) is 0 Å². The van der Waals surface area contributed by atoms with Crippen molar-refractivity contribution in [1.82, 2.24) is 0 Å². The summed E-state index contributed by atoms with van der Waals surface area (Å²) in [7, 11) is 0. The van der Waals surface area contributed by atoms with Gasteiger partial charge in [-0.15, -0.1) is 0 Å². The van der Waals surface area contributed by atoms with Gasteiger partial charge >= 0.3 is 23.9 Å². The van der Waals surface area contributed by atoms with E-state index in [-0.39, 0.29) is 35.7 Å². The standard InChI is InChI=1S/2C22H40O3/c1-3-4-5-6-7-8-9-10-11-12-15-19(2)16-13-14-17-20-18-21(23)25-22(20)24;1-3-4-5-6-7-8-9-10-11-12-13-15-19(2)16-14-17-20-18-21(23)25-22(20)24/h2*19-20H,3-18H2,1-2H3. The molecule has 0 N–H and O–H groups in total. The van der Waals surface area contributed by atoms with Crippen LogP contribution in [-0.4, -0.2) is 23.9 Å². The fraction of sp³-hybridized carbons (Fsp3) is 0.909. The Hall–Kier alpha value is -1.72. The Bertz CT molecular complexity index is 869. The normalized spacial score (nSPS) is 18.6. The highest BCUT2D eigenvalue weighted by atomic mass is 16.6. The lowest BCUT2D eigenvalue weighted by Crippen LogP contribution is -2.08. The van der Waals surface area contributed by atoms with Crippen LogP contribution in [-0.2, 0) is 28.7 Å². The van der Waals surface area contributed by atoms with Crippen molar-refractivity contribution in [2.45, 2.75) is 233 Å². The summed E-state index contributed by atoms with van der Waals surface area (Å²) in [4.78, 5) is 44.9. The third-order valence-corrected chi connectivity index (χ3v) is 11.0. The molecule has 2 aliphatic heterocycles. The Kier molecular flexibility index (Phi) is 29.6. The van der Waals surface area contributed by atoms with Gasteiger partial charge in [0, 0.05) is 0 Å². The van der Waals surface area contributed by atoms with Gasteiger partial charge in [0.2, 0.25) is 0 Å². The van der Waals surface area contributed by atoms with E-state index in [4.69, 9.17) is 0 Å². The molecule has 2 saturated heterocycles. The lowest BCUT2D eigenvalue weighted by Gasteiger charge is -2.12. The van der Waals surface area contributed by atoms with E-state index in [0.29, 0.717) is 12.8 Å². The van der Waals surface area contributed by atoms with E-state index in [1.165, 1.54) is 154 Å². The van der Waals surface area contributed by atoms with Crippen LogP contribution in [0.25, 0.3) is 0 Å². The van der Waals surface area contributed by atoms with Gasteiger partial charge in [0.05, 0.1) is 24.7 Å². The Balaban J connectivity index is 0.000000500. The number of unbranched alkanes of at least 4 members (excludes halogenated alkanes) is 20. The minimum atomic E-state index is -0.344. The van der Waals surface area contributed by atoms with Crippen LogP contribution < -0.4 is 0 Å². The number of cyclic esters (lactones) is 4. The van der Waals surface area contributed by atoms with Crippen molar-refractivity contribution in [3.8, 4) is 0 Å². The Morgan fingerprint density at radius 1 is 0.420 bits per heavy atom. The van der Waals surface area contributed by atoms with E-state index in [0.717, 1.165) is 50.4 Å². The van der Waals surface area contributed by atoms with Gasteiger partial charge in [-0.2, -0.15) is 0 Å². The maximum absolute atomic E-state index is 11.4. The lowest BCUT2D eigenvalue weighted by molar-refractivity contribution is -0.155. The van der Waals surface area contributed by atoms with Crippen LogP contribution in [0.1, 0.15) is 233 Å². The topological polar surface area (TPSA) is 86.7 Å². The minimum Gasteiger partial charge on any atom is -0.393 e. The third kappa shape index (κ3) is 26.1. The molecule has 6 heteroatoms. The maximum Gasteiger partial charge on any atom is 0.317 e. The van der Waals surface area contributed by atoms with Crippen LogP contribution in [0.4, 0.5) is 0 Å². The predicted molar refractivity (Wildman–Crippen MR) is 207 cm³/mol. The van der Waals surface area contributed by atoms with Crippen LogP contribution in [0, 0.1) is 23.7 Å². The van der Waals surface area contributed by atoms with Gasteiger partial charge in [-0.1, -0.05) is 207 Å². The van der Waals surface area contributed by atoms with E-state index in [1.807, 2.05) is 0 Å². The van der Waals surface area contributed by atoms with E-state index in [2.05, 4.69) is 37.2 Å². The van der Waals surface area contributed by atoms with Crippen LogP contribution in [0.15, 0.2) is 0 Å². The summed E-state index contributed by atoms with van der Waals surface area (Å²) in [5.74, 6) is -0.107. The van der Waals surface area contributed by atoms with E-state index < -0.39 is 0 Å². The molecule has 4 atom stereocenters. The average Bonchev–Trinajstić information content (AvgIpc) is 3.59. The van der Waals surface area contributed by atoms with Crippen LogP contribution in [0.5, 0.6) is 0 Å². The monoisotopic (exact) mass is 705 g/mol. The molecular formula is C44H80O6. The molecule has 2 rings (SSSR count). The highest BCUT2D eigenvalue weighted by molar-refractivity contribution is 5.95. The first-order valence-electron chi connectivity index (χ1n) is 21.8. The molecule has 2 heterocycles. The van der Waals surface area contributed by atoms with Crippen molar-refractivity contribution < 1.29 is 28.7 Å². The molecular weight excluding hydrogens is 624 g/mol. The largest absolute Gasteiger partial charge is 0.393 e. The number of hydrogen-bond acceptors (Lipinski definition) is 6. The van der Waals surface area contributed by atoms with Crippen molar-refractivity contribution in [3.63, 3.8) is 0 Å². The second-order valence-corrected chi connectivity index (χ2v) is 16.1. The summed E-state index contributed by atoms with van der Waals surface area (Å²) in [6.07, 6.45) is 39.8. The molecule has 0 aromatic carbocycles. The first-order chi connectivity index (χ1) is 24.3. The SMILES string of the molecule is CCCCCCCCCCCCC(C)CCCCC1CC(=O)OC1=O.CCCCCCCCCCCCCC(C)CCCC1CC(=O)OC1=O. The summed E-state index contributed by atoms with van der Waals surface area (Å²) in [6.45, 7) is 9.21. The number of ether oxygens (including phenoxy) is 2. The summed E-state index contributed by atoms with van der Waals surface area (Å²) in [6, 6.07) is 0. The highest BCUT2D eigenvalue weighted by Gasteiger charge is 2.33. The van der Waals surface area contributed by atoms with Gasteiger partial charge in [0.1, 0.15) is 0 Å². The third-order valence-electron chi connectivity index (χ3n) is 11.0. The number of carbonyl (C=O) groups excluding carboxylic acids is 4. The summed E-state index contributed by atoms with van der Waals surface area (Å²) in [5.41, 5.74) is 0. The first-order valence-corrected chi connectivity index (χ1v) is 21.8. The smallest absolute Gasteiger partial charge is 0.317 e. The highest BCUT2D eigenvalue weighted by Crippen LogP contribution is 2.26. The van der Waals surface area contributed by atoms with E-state index in [1.54, 1.807) is 0 Å². The number of rotatable bonds is 32. The molecule has 0 amide bonds. The second-order valence-electron chi connectivity index (χ2n) is 16.1. The van der Waals surface area contributed by atoms with Gasteiger partial charge in [0.25, 0.3) is 0 Å². The summed E-state index contributed by atoms with van der Waals surface area (Å²) < 4.78 is 9.19.